The van der Waals surface area contributed by atoms with Crippen LogP contribution in [0.25, 0.3) is 5.70 Å². The fourth-order valence-electron chi connectivity index (χ4n) is 3.41. The van der Waals surface area contributed by atoms with Crippen molar-refractivity contribution in [2.75, 3.05) is 25.0 Å². The molecule has 0 radical (unpaired) electrons. The third-order valence-corrected chi connectivity index (χ3v) is 4.82. The van der Waals surface area contributed by atoms with Gasteiger partial charge in [0.15, 0.2) is 0 Å². The predicted molar refractivity (Wildman–Crippen MR) is 121 cm³/mol. The van der Waals surface area contributed by atoms with Crippen molar-refractivity contribution in [3.63, 3.8) is 0 Å². The average molecular weight is 380 g/mol. The lowest BCUT2D eigenvalue weighted by Gasteiger charge is -2.34. The van der Waals surface area contributed by atoms with Crippen molar-refractivity contribution < 1.29 is 0 Å². The number of rotatable bonds is 8. The van der Waals surface area contributed by atoms with Gasteiger partial charge in [0.2, 0.25) is 0 Å². The van der Waals surface area contributed by atoms with Gasteiger partial charge in [-0.3, -0.25) is 0 Å². The number of anilines is 1. The van der Waals surface area contributed by atoms with Gasteiger partial charge >= 0.3 is 0 Å². The molecular weight excluding hydrogens is 346 g/mol. The Bertz CT molecular complexity index is 814. The minimum atomic E-state index is 0.435. The molecule has 5 nitrogen and oxygen atoms in total. The average Bonchev–Trinajstić information content (AvgIpc) is 2.65. The zero-order valence-corrected chi connectivity index (χ0v) is 17.3. The van der Waals surface area contributed by atoms with Crippen LogP contribution in [0.4, 0.5) is 5.69 Å². The van der Waals surface area contributed by atoms with Gasteiger partial charge < -0.3 is 21.0 Å². The number of benzene rings is 1. The lowest BCUT2D eigenvalue weighted by Crippen LogP contribution is -2.34. The molecular formula is C23H33N5. The van der Waals surface area contributed by atoms with Crippen LogP contribution in [0.1, 0.15) is 25.8 Å². The Kier molecular flexibility index (Phi) is 7.26. The Morgan fingerprint density at radius 2 is 1.96 bits per heavy atom. The lowest BCUT2D eigenvalue weighted by molar-refractivity contribution is 0.451. The fraction of sp³-hybridized carbons (Fsp3) is 0.304. The molecule has 28 heavy (non-hydrogen) atoms. The predicted octanol–water partition coefficient (Wildman–Crippen LogP) is 3.51. The molecule has 1 aromatic rings. The number of fused-ring (bicyclic) bond motifs is 1. The highest BCUT2D eigenvalue weighted by atomic mass is 15.4. The SMILES string of the molecule is C=C/C1=C(C=C)/C(N(C)N)=C(/N)c2ccccc2N(C(=C)CCNC(C)C)C1. The highest BCUT2D eigenvalue weighted by Crippen LogP contribution is 2.36. The number of likely N-dealkylation sites (N-methyl/N-ethyl adjacent to an activating group) is 1. The van der Waals surface area contributed by atoms with Gasteiger partial charge in [0.25, 0.3) is 0 Å². The van der Waals surface area contributed by atoms with Crippen molar-refractivity contribution in [3.8, 4) is 0 Å². The van der Waals surface area contributed by atoms with Crippen LogP contribution < -0.4 is 21.8 Å². The van der Waals surface area contributed by atoms with Crippen LogP contribution in [0.5, 0.6) is 0 Å². The van der Waals surface area contributed by atoms with Crippen molar-refractivity contribution >= 4 is 11.4 Å². The summed E-state index contributed by atoms with van der Waals surface area (Å²) in [5.41, 5.74) is 12.8. The molecule has 0 saturated carbocycles. The van der Waals surface area contributed by atoms with Crippen molar-refractivity contribution in [2.45, 2.75) is 26.3 Å². The topological polar surface area (TPSA) is 70.5 Å². The van der Waals surface area contributed by atoms with Crippen molar-refractivity contribution in [1.82, 2.24) is 10.3 Å². The first-order chi connectivity index (χ1) is 13.3. The quantitative estimate of drug-likeness (QED) is 0.476. The van der Waals surface area contributed by atoms with E-state index in [-0.39, 0.29) is 0 Å². The normalized spacial score (nSPS) is 19.7. The molecule has 0 saturated heterocycles. The first-order valence-electron chi connectivity index (χ1n) is 9.56. The van der Waals surface area contributed by atoms with E-state index in [1.54, 1.807) is 18.1 Å². The largest absolute Gasteiger partial charge is 0.396 e. The van der Waals surface area contributed by atoms with Crippen molar-refractivity contribution in [2.24, 2.45) is 11.6 Å². The molecule has 0 atom stereocenters. The van der Waals surface area contributed by atoms with E-state index in [0.29, 0.717) is 18.3 Å². The Morgan fingerprint density at radius 1 is 1.29 bits per heavy atom. The first kappa shape index (κ1) is 21.5. The molecule has 5 N–H and O–H groups in total. The van der Waals surface area contributed by atoms with Gasteiger partial charge in [-0.2, -0.15) is 0 Å². The smallest absolute Gasteiger partial charge is 0.0826 e. The van der Waals surface area contributed by atoms with Crippen LogP contribution in [-0.2, 0) is 0 Å². The van der Waals surface area contributed by atoms with Gasteiger partial charge in [-0.1, -0.05) is 63.9 Å². The van der Waals surface area contributed by atoms with Crippen molar-refractivity contribution in [3.05, 3.63) is 84.3 Å². The van der Waals surface area contributed by atoms with Gasteiger partial charge in [-0.25, -0.2) is 5.84 Å². The fourth-order valence-corrected chi connectivity index (χ4v) is 3.41. The number of allylic oxidation sites excluding steroid dienone is 1. The number of hydrogen-bond donors (Lipinski definition) is 3. The molecule has 0 unspecified atom stereocenters. The van der Waals surface area contributed by atoms with Gasteiger partial charge in [-0.05, 0) is 18.1 Å². The summed E-state index contributed by atoms with van der Waals surface area (Å²) in [6, 6.07) is 8.51. The molecule has 0 aliphatic carbocycles. The summed E-state index contributed by atoms with van der Waals surface area (Å²) in [4.78, 5) is 2.21. The second-order valence-corrected chi connectivity index (χ2v) is 7.25. The number of nitrogens with one attached hydrogen (secondary N) is 1. The summed E-state index contributed by atoms with van der Waals surface area (Å²) in [5, 5.41) is 5.00. The van der Waals surface area contributed by atoms with Crippen LogP contribution in [0, 0.1) is 0 Å². The number of para-hydroxylation sites is 1. The third-order valence-electron chi connectivity index (χ3n) is 4.82. The van der Waals surface area contributed by atoms with Crippen LogP contribution in [0.2, 0.25) is 0 Å². The molecule has 2 rings (SSSR count). The molecule has 1 aliphatic heterocycles. The van der Waals surface area contributed by atoms with E-state index >= 15 is 0 Å². The number of hydrazine groups is 1. The first-order valence-corrected chi connectivity index (χ1v) is 9.56. The van der Waals surface area contributed by atoms with Crippen LogP contribution in [0.15, 0.2) is 78.7 Å². The van der Waals surface area contributed by atoms with Crippen LogP contribution >= 0.6 is 0 Å². The maximum Gasteiger partial charge on any atom is 0.0826 e. The molecule has 0 aromatic heterocycles. The summed E-state index contributed by atoms with van der Waals surface area (Å²) in [6.45, 7) is 18.1. The molecule has 1 aromatic carbocycles. The van der Waals surface area contributed by atoms with E-state index in [9.17, 15) is 0 Å². The second-order valence-electron chi connectivity index (χ2n) is 7.25. The molecule has 1 aliphatic rings. The zero-order valence-electron chi connectivity index (χ0n) is 17.3. The molecule has 5 heteroatoms. The highest BCUT2D eigenvalue weighted by Gasteiger charge is 2.24. The Morgan fingerprint density at radius 3 is 2.54 bits per heavy atom. The van der Waals surface area contributed by atoms with E-state index < -0.39 is 0 Å². The van der Waals surface area contributed by atoms with E-state index in [0.717, 1.165) is 46.8 Å². The van der Waals surface area contributed by atoms with Gasteiger partial charge in [0.1, 0.15) is 0 Å². The van der Waals surface area contributed by atoms with Gasteiger partial charge in [-0.15, -0.1) is 0 Å². The number of hydrogen-bond acceptors (Lipinski definition) is 5. The third kappa shape index (κ3) is 4.55. The Balaban J connectivity index is 2.62. The van der Waals surface area contributed by atoms with E-state index in [1.165, 1.54) is 0 Å². The summed E-state index contributed by atoms with van der Waals surface area (Å²) in [5.74, 6) is 6.15. The van der Waals surface area contributed by atoms with E-state index in [2.05, 4.69) is 49.9 Å². The molecule has 0 spiro atoms. The highest BCUT2D eigenvalue weighted by molar-refractivity contribution is 5.82. The summed E-state index contributed by atoms with van der Waals surface area (Å²) in [7, 11) is 1.78. The molecule has 0 bridgehead atoms. The minimum Gasteiger partial charge on any atom is -0.396 e. The molecule has 0 amide bonds. The molecule has 1 heterocycles. The summed E-state index contributed by atoms with van der Waals surface area (Å²) in [6.07, 6.45) is 4.46. The summed E-state index contributed by atoms with van der Waals surface area (Å²) >= 11 is 0. The maximum absolute atomic E-state index is 6.62. The monoisotopic (exact) mass is 379 g/mol. The Labute approximate surface area is 169 Å². The maximum atomic E-state index is 6.62. The zero-order chi connectivity index (χ0) is 20.8. The molecule has 0 fully saturated rings. The summed E-state index contributed by atoms with van der Waals surface area (Å²) < 4.78 is 0. The lowest BCUT2D eigenvalue weighted by atomic mass is 9.95. The number of nitrogens with two attached hydrogens (primary N) is 2. The molecule has 150 valence electrons. The standard InChI is InChI=1S/C23H33N5/c1-7-18-15-28(17(5)13-14-26-16(3)4)21-12-10-9-11-20(21)22(24)23(27(6)25)19(18)8-2/h7-12,16,26H,1-2,5,13-15,24-25H2,3-4,6H3/b19-18-,23-22-. The number of nitrogens with zero attached hydrogens (tertiary/aromatic N) is 2. The van der Waals surface area contributed by atoms with Gasteiger partial charge in [0, 0.05) is 43.0 Å². The minimum absolute atomic E-state index is 0.435. The van der Waals surface area contributed by atoms with Crippen LogP contribution in [-0.4, -0.2) is 31.2 Å². The Hall–Kier alpha value is -2.76. The van der Waals surface area contributed by atoms with E-state index in [4.69, 9.17) is 11.6 Å². The second kappa shape index (κ2) is 9.44. The van der Waals surface area contributed by atoms with Crippen molar-refractivity contribution in [1.29, 1.82) is 0 Å². The van der Waals surface area contributed by atoms with E-state index in [1.807, 2.05) is 24.3 Å². The van der Waals surface area contributed by atoms with Gasteiger partial charge in [0.05, 0.1) is 17.1 Å². The van der Waals surface area contributed by atoms with Crippen LogP contribution in [0.3, 0.4) is 0 Å².